The molecule has 7 heteroatoms. The van der Waals surface area contributed by atoms with Crippen LogP contribution in [0.15, 0.2) is 18.6 Å². The van der Waals surface area contributed by atoms with E-state index in [-0.39, 0.29) is 30.6 Å². The minimum atomic E-state index is -0.145. The van der Waals surface area contributed by atoms with E-state index in [0.29, 0.717) is 12.1 Å². The molecular formula is C17H25N5O2. The second kappa shape index (κ2) is 6.49. The van der Waals surface area contributed by atoms with Gasteiger partial charge in [-0.2, -0.15) is 0 Å². The van der Waals surface area contributed by atoms with Gasteiger partial charge in [-0.15, -0.1) is 0 Å². The fraction of sp³-hybridized carbons (Fsp3) is 0.588. The number of aliphatic hydroxyl groups excluding tert-OH is 1. The van der Waals surface area contributed by atoms with Gasteiger partial charge in [0.05, 0.1) is 24.5 Å². The smallest absolute Gasteiger partial charge is 0.255 e. The lowest BCUT2D eigenvalue weighted by molar-refractivity contribution is 0.0673. The van der Waals surface area contributed by atoms with Crippen LogP contribution in [0, 0.1) is 0 Å². The highest BCUT2D eigenvalue weighted by atomic mass is 16.3. The quantitative estimate of drug-likeness (QED) is 0.910. The summed E-state index contributed by atoms with van der Waals surface area (Å²) in [5.74, 6) is -0.0908. The summed E-state index contributed by atoms with van der Waals surface area (Å²) in [4.78, 5) is 25.6. The standard InChI is InChI=1S/C17H25N5O2/c1-11(2)22-10-19-15-5-12(7-18-16(15)22)17(24)21-8-13(20(3)4)6-14(21)9-23/h5,7,10-11,13-14,23H,6,8-9H2,1-4H3/t13-,14+/m1/s1. The molecular weight excluding hydrogens is 306 g/mol. The van der Waals surface area contributed by atoms with Gasteiger partial charge in [0.15, 0.2) is 5.65 Å². The van der Waals surface area contributed by atoms with E-state index in [9.17, 15) is 9.90 Å². The molecule has 0 saturated carbocycles. The van der Waals surface area contributed by atoms with E-state index in [1.165, 1.54) is 0 Å². The first-order chi connectivity index (χ1) is 11.4. The first-order valence-electron chi connectivity index (χ1n) is 8.33. The Bertz CT molecular complexity index is 740. The molecule has 1 amide bonds. The molecule has 3 heterocycles. The van der Waals surface area contributed by atoms with Crippen LogP contribution in [0.1, 0.15) is 36.7 Å². The Balaban J connectivity index is 1.88. The fourth-order valence-corrected chi connectivity index (χ4v) is 3.27. The maximum absolute atomic E-state index is 12.9. The summed E-state index contributed by atoms with van der Waals surface area (Å²) in [7, 11) is 4.00. The number of carbonyl (C=O) groups is 1. The van der Waals surface area contributed by atoms with Gasteiger partial charge in [-0.1, -0.05) is 0 Å². The van der Waals surface area contributed by atoms with Crippen LogP contribution in [0.2, 0.25) is 0 Å². The van der Waals surface area contributed by atoms with Gasteiger partial charge in [0.25, 0.3) is 5.91 Å². The topological polar surface area (TPSA) is 74.5 Å². The Morgan fingerprint density at radius 3 is 2.79 bits per heavy atom. The number of imidazole rings is 1. The molecule has 1 aliphatic rings. The van der Waals surface area contributed by atoms with E-state index < -0.39 is 0 Å². The number of likely N-dealkylation sites (N-methyl/N-ethyl adjacent to an activating group) is 1. The van der Waals surface area contributed by atoms with Gasteiger partial charge in [-0.25, -0.2) is 9.97 Å². The van der Waals surface area contributed by atoms with Crippen LogP contribution in [0.3, 0.4) is 0 Å². The summed E-state index contributed by atoms with van der Waals surface area (Å²) in [6.45, 7) is 4.74. The van der Waals surface area contributed by atoms with Gasteiger partial charge >= 0.3 is 0 Å². The molecule has 2 aromatic rings. The van der Waals surface area contributed by atoms with Crippen molar-refractivity contribution in [1.82, 2.24) is 24.3 Å². The number of aliphatic hydroxyl groups is 1. The predicted molar refractivity (Wildman–Crippen MR) is 91.9 cm³/mol. The van der Waals surface area contributed by atoms with Gasteiger partial charge in [0.1, 0.15) is 5.52 Å². The molecule has 1 saturated heterocycles. The summed E-state index contributed by atoms with van der Waals surface area (Å²) in [6, 6.07) is 2.18. The SMILES string of the molecule is CC(C)n1cnc2cc(C(=O)N3C[C@H](N(C)C)C[C@H]3CO)cnc21. The Labute approximate surface area is 141 Å². The molecule has 130 valence electrons. The number of fused-ring (bicyclic) bond motifs is 1. The number of amides is 1. The second-order valence-corrected chi connectivity index (χ2v) is 6.96. The molecule has 7 nitrogen and oxygen atoms in total. The Morgan fingerprint density at radius 1 is 1.42 bits per heavy atom. The second-order valence-electron chi connectivity index (χ2n) is 6.96. The molecule has 0 radical (unpaired) electrons. The third-order valence-electron chi connectivity index (χ3n) is 4.81. The Morgan fingerprint density at radius 2 is 2.17 bits per heavy atom. The predicted octanol–water partition coefficient (Wildman–Crippen LogP) is 1.15. The maximum Gasteiger partial charge on any atom is 0.255 e. The minimum Gasteiger partial charge on any atom is -0.394 e. The largest absolute Gasteiger partial charge is 0.394 e. The van der Waals surface area contributed by atoms with Gasteiger partial charge in [-0.05, 0) is 40.4 Å². The van der Waals surface area contributed by atoms with Crippen molar-refractivity contribution < 1.29 is 9.90 Å². The summed E-state index contributed by atoms with van der Waals surface area (Å²) >= 11 is 0. The monoisotopic (exact) mass is 331 g/mol. The number of carbonyl (C=O) groups excluding carboxylic acids is 1. The van der Waals surface area contributed by atoms with Crippen molar-refractivity contribution in [2.24, 2.45) is 0 Å². The average Bonchev–Trinajstić information content (AvgIpc) is 3.17. The molecule has 0 aromatic carbocycles. The van der Waals surface area contributed by atoms with Crippen LogP contribution in [-0.4, -0.2) is 74.7 Å². The molecule has 2 aromatic heterocycles. The summed E-state index contributed by atoms with van der Waals surface area (Å²) in [5.41, 5.74) is 2.03. The van der Waals surface area contributed by atoms with Crippen molar-refractivity contribution in [3.63, 3.8) is 0 Å². The molecule has 0 unspecified atom stereocenters. The van der Waals surface area contributed by atoms with Crippen LogP contribution in [0.5, 0.6) is 0 Å². The minimum absolute atomic E-state index is 0.0201. The Kier molecular flexibility index (Phi) is 4.56. The fourth-order valence-electron chi connectivity index (χ4n) is 3.27. The number of likely N-dealkylation sites (tertiary alicyclic amines) is 1. The summed E-state index contributed by atoms with van der Waals surface area (Å²) in [5, 5.41) is 9.62. The first-order valence-corrected chi connectivity index (χ1v) is 8.33. The lowest BCUT2D eigenvalue weighted by atomic mass is 10.1. The highest BCUT2D eigenvalue weighted by Gasteiger charge is 2.36. The summed E-state index contributed by atoms with van der Waals surface area (Å²) < 4.78 is 1.98. The number of pyridine rings is 1. The van der Waals surface area contributed by atoms with Crippen LogP contribution in [0.4, 0.5) is 0 Å². The third kappa shape index (κ3) is 2.89. The molecule has 0 aliphatic carbocycles. The normalized spacial score (nSPS) is 21.4. The van der Waals surface area contributed by atoms with Crippen molar-refractivity contribution in [1.29, 1.82) is 0 Å². The lowest BCUT2D eigenvalue weighted by Crippen LogP contribution is -2.38. The van der Waals surface area contributed by atoms with Crippen molar-refractivity contribution in [2.45, 2.75) is 38.4 Å². The molecule has 0 spiro atoms. The van der Waals surface area contributed by atoms with Gasteiger partial charge < -0.3 is 19.5 Å². The van der Waals surface area contributed by atoms with Crippen molar-refractivity contribution >= 4 is 17.1 Å². The van der Waals surface area contributed by atoms with Crippen molar-refractivity contribution in [3.8, 4) is 0 Å². The number of hydrogen-bond donors (Lipinski definition) is 1. The zero-order valence-corrected chi connectivity index (χ0v) is 14.7. The van der Waals surface area contributed by atoms with Gasteiger partial charge in [0, 0.05) is 24.8 Å². The summed E-state index contributed by atoms with van der Waals surface area (Å²) in [6.07, 6.45) is 4.15. The number of hydrogen-bond acceptors (Lipinski definition) is 5. The molecule has 1 aliphatic heterocycles. The third-order valence-corrected chi connectivity index (χ3v) is 4.81. The van der Waals surface area contributed by atoms with E-state index >= 15 is 0 Å². The van der Waals surface area contributed by atoms with Crippen molar-refractivity contribution in [2.75, 3.05) is 27.2 Å². The van der Waals surface area contributed by atoms with Crippen LogP contribution < -0.4 is 0 Å². The molecule has 1 fully saturated rings. The number of nitrogens with zero attached hydrogens (tertiary/aromatic N) is 5. The lowest BCUT2D eigenvalue weighted by Gasteiger charge is -2.23. The highest BCUT2D eigenvalue weighted by molar-refractivity contribution is 5.96. The average molecular weight is 331 g/mol. The Hall–Kier alpha value is -1.99. The molecule has 3 rings (SSSR count). The van der Waals surface area contributed by atoms with Crippen molar-refractivity contribution in [3.05, 3.63) is 24.2 Å². The van der Waals surface area contributed by atoms with Crippen LogP contribution in [0.25, 0.3) is 11.2 Å². The van der Waals surface area contributed by atoms with E-state index in [2.05, 4.69) is 28.7 Å². The van der Waals surface area contributed by atoms with Crippen LogP contribution >= 0.6 is 0 Å². The molecule has 1 N–H and O–H groups in total. The maximum atomic E-state index is 12.9. The molecule has 2 atom stereocenters. The van der Waals surface area contributed by atoms with E-state index in [0.717, 1.165) is 17.6 Å². The molecule has 0 bridgehead atoms. The van der Waals surface area contributed by atoms with Gasteiger partial charge in [0.2, 0.25) is 0 Å². The molecule has 24 heavy (non-hydrogen) atoms. The van der Waals surface area contributed by atoms with E-state index in [4.69, 9.17) is 0 Å². The highest BCUT2D eigenvalue weighted by Crippen LogP contribution is 2.24. The van der Waals surface area contributed by atoms with E-state index in [1.54, 1.807) is 23.5 Å². The van der Waals surface area contributed by atoms with Crippen LogP contribution in [-0.2, 0) is 0 Å². The zero-order chi connectivity index (χ0) is 17.4. The van der Waals surface area contributed by atoms with E-state index in [1.807, 2.05) is 18.7 Å². The number of rotatable bonds is 4. The first kappa shape index (κ1) is 16.9. The number of aromatic nitrogens is 3. The van der Waals surface area contributed by atoms with Gasteiger partial charge in [-0.3, -0.25) is 4.79 Å². The zero-order valence-electron chi connectivity index (χ0n) is 14.7.